The fourth-order valence-corrected chi connectivity index (χ4v) is 2.12. The fourth-order valence-electron chi connectivity index (χ4n) is 1.47. The molecule has 0 saturated heterocycles. The van der Waals surface area contributed by atoms with Crippen molar-refractivity contribution in [3.63, 3.8) is 0 Å². The Morgan fingerprint density at radius 3 is 2.33 bits per heavy atom. The summed E-state index contributed by atoms with van der Waals surface area (Å²) in [5.41, 5.74) is -0.919. The van der Waals surface area contributed by atoms with Crippen molar-refractivity contribution in [1.82, 2.24) is 10.2 Å². The van der Waals surface area contributed by atoms with Crippen molar-refractivity contribution in [1.29, 1.82) is 0 Å². The lowest BCUT2D eigenvalue weighted by atomic mass is 9.96. The third kappa shape index (κ3) is 6.93. The molecule has 6 nitrogen and oxygen atoms in total. The number of rotatable bonds is 9. The second-order valence-electron chi connectivity index (χ2n) is 4.92. The zero-order chi connectivity index (χ0) is 14.4. The van der Waals surface area contributed by atoms with Gasteiger partial charge >= 0.3 is 5.97 Å². The number of nitrogens with zero attached hydrogens (tertiary/aromatic N) is 1. The van der Waals surface area contributed by atoms with Gasteiger partial charge in [0.2, 0.25) is 0 Å². The molecule has 0 amide bonds. The molecule has 7 heteroatoms. The Morgan fingerprint density at radius 2 is 1.94 bits per heavy atom. The maximum absolute atomic E-state index is 11.0. The van der Waals surface area contributed by atoms with Crippen LogP contribution in [0.2, 0.25) is 0 Å². The van der Waals surface area contributed by atoms with E-state index in [4.69, 9.17) is 5.11 Å². The summed E-state index contributed by atoms with van der Waals surface area (Å²) in [5, 5.41) is 11.8. The molecular formula is C11H24N2O4S. The van der Waals surface area contributed by atoms with Crippen LogP contribution in [0.15, 0.2) is 0 Å². The molecule has 0 rings (SSSR count). The minimum Gasteiger partial charge on any atom is -0.480 e. The van der Waals surface area contributed by atoms with Gasteiger partial charge in [-0.05, 0) is 40.4 Å². The summed E-state index contributed by atoms with van der Waals surface area (Å²) in [6.07, 6.45) is 2.41. The highest BCUT2D eigenvalue weighted by atomic mass is 32.2. The Bertz CT molecular complexity index is 369. The van der Waals surface area contributed by atoms with E-state index in [0.29, 0.717) is 25.9 Å². The van der Waals surface area contributed by atoms with E-state index in [1.165, 1.54) is 6.26 Å². The van der Waals surface area contributed by atoms with Crippen LogP contribution in [0.3, 0.4) is 0 Å². The van der Waals surface area contributed by atoms with Crippen LogP contribution < -0.4 is 5.32 Å². The minimum absolute atomic E-state index is 0.131. The molecule has 0 aromatic carbocycles. The summed E-state index contributed by atoms with van der Waals surface area (Å²) >= 11 is 0. The SMILES string of the molecule is CNC(C)(CCCN(C)CCS(C)(=O)=O)C(=O)O. The third-order valence-electron chi connectivity index (χ3n) is 3.08. The Hall–Kier alpha value is -0.660. The number of hydrogen-bond donors (Lipinski definition) is 2. The maximum Gasteiger partial charge on any atom is 0.323 e. The minimum atomic E-state index is -2.94. The molecule has 108 valence electrons. The molecule has 0 bridgehead atoms. The molecule has 0 aromatic heterocycles. The van der Waals surface area contributed by atoms with E-state index in [0.717, 1.165) is 0 Å². The van der Waals surface area contributed by atoms with Gasteiger partial charge < -0.3 is 15.3 Å². The van der Waals surface area contributed by atoms with Crippen molar-refractivity contribution in [2.24, 2.45) is 0 Å². The average Bonchev–Trinajstić information content (AvgIpc) is 2.25. The Kier molecular flexibility index (Phi) is 6.80. The van der Waals surface area contributed by atoms with Gasteiger partial charge in [-0.15, -0.1) is 0 Å². The lowest BCUT2D eigenvalue weighted by Crippen LogP contribution is -2.47. The first-order chi connectivity index (χ1) is 8.10. The number of carboxylic acids is 1. The standard InChI is InChI=1S/C11H24N2O4S/c1-11(12-2,10(14)15)6-5-7-13(3)8-9-18(4,16)17/h12H,5-9H2,1-4H3,(H,14,15). The van der Waals surface area contributed by atoms with Crippen LogP contribution >= 0.6 is 0 Å². The van der Waals surface area contributed by atoms with Gasteiger partial charge in [-0.3, -0.25) is 4.79 Å². The normalized spacial score (nSPS) is 15.6. The van der Waals surface area contributed by atoms with Gasteiger partial charge in [0, 0.05) is 12.8 Å². The van der Waals surface area contributed by atoms with Crippen LogP contribution in [0, 0.1) is 0 Å². The molecule has 0 saturated carbocycles. The van der Waals surface area contributed by atoms with Crippen molar-refractivity contribution < 1.29 is 18.3 Å². The van der Waals surface area contributed by atoms with Gasteiger partial charge in [-0.2, -0.15) is 0 Å². The molecular weight excluding hydrogens is 256 g/mol. The van der Waals surface area contributed by atoms with Crippen LogP contribution in [0.5, 0.6) is 0 Å². The molecule has 0 aliphatic rings. The number of aliphatic carboxylic acids is 1. The first kappa shape index (κ1) is 17.3. The Morgan fingerprint density at radius 1 is 1.39 bits per heavy atom. The van der Waals surface area contributed by atoms with Crippen molar-refractivity contribution in [2.75, 3.05) is 39.2 Å². The molecule has 0 aliphatic heterocycles. The predicted octanol–water partition coefficient (Wildman–Crippen LogP) is -0.194. The van der Waals surface area contributed by atoms with Gasteiger partial charge in [0.05, 0.1) is 5.75 Å². The van der Waals surface area contributed by atoms with E-state index in [1.807, 2.05) is 11.9 Å². The number of carbonyl (C=O) groups is 1. The van der Waals surface area contributed by atoms with Gasteiger partial charge in [-0.1, -0.05) is 0 Å². The van der Waals surface area contributed by atoms with Crippen LogP contribution in [0.4, 0.5) is 0 Å². The fraction of sp³-hybridized carbons (Fsp3) is 0.909. The summed E-state index contributed by atoms with van der Waals surface area (Å²) in [4.78, 5) is 12.9. The molecule has 0 spiro atoms. The molecule has 0 aliphatic carbocycles. The highest BCUT2D eigenvalue weighted by Gasteiger charge is 2.30. The lowest BCUT2D eigenvalue weighted by Gasteiger charge is -2.25. The van der Waals surface area contributed by atoms with E-state index in [2.05, 4.69) is 5.32 Å². The summed E-state index contributed by atoms with van der Waals surface area (Å²) < 4.78 is 22.0. The van der Waals surface area contributed by atoms with Crippen molar-refractivity contribution >= 4 is 15.8 Å². The summed E-state index contributed by atoms with van der Waals surface area (Å²) in [5.74, 6) is -0.741. The van der Waals surface area contributed by atoms with E-state index in [-0.39, 0.29) is 5.75 Å². The van der Waals surface area contributed by atoms with E-state index in [9.17, 15) is 13.2 Å². The zero-order valence-electron chi connectivity index (χ0n) is 11.6. The second-order valence-corrected chi connectivity index (χ2v) is 7.18. The highest BCUT2D eigenvalue weighted by Crippen LogP contribution is 2.12. The monoisotopic (exact) mass is 280 g/mol. The smallest absolute Gasteiger partial charge is 0.323 e. The van der Waals surface area contributed by atoms with Crippen LogP contribution in [0.25, 0.3) is 0 Å². The lowest BCUT2D eigenvalue weighted by molar-refractivity contribution is -0.144. The Balaban J connectivity index is 4.00. The molecule has 1 unspecified atom stereocenters. The van der Waals surface area contributed by atoms with Gasteiger partial charge in [-0.25, -0.2) is 8.42 Å². The van der Waals surface area contributed by atoms with Crippen LogP contribution in [-0.2, 0) is 14.6 Å². The number of nitrogens with one attached hydrogen (secondary N) is 1. The number of likely N-dealkylation sites (N-methyl/N-ethyl adjacent to an activating group) is 1. The van der Waals surface area contributed by atoms with E-state index < -0.39 is 21.3 Å². The molecule has 0 radical (unpaired) electrons. The van der Waals surface area contributed by atoms with Gasteiger partial charge in [0.15, 0.2) is 0 Å². The summed E-state index contributed by atoms with van der Waals surface area (Å²) in [6, 6.07) is 0. The van der Waals surface area contributed by atoms with Gasteiger partial charge in [0.25, 0.3) is 0 Å². The van der Waals surface area contributed by atoms with E-state index in [1.54, 1.807) is 14.0 Å². The number of hydrogen-bond acceptors (Lipinski definition) is 5. The molecule has 18 heavy (non-hydrogen) atoms. The number of sulfone groups is 1. The van der Waals surface area contributed by atoms with Crippen molar-refractivity contribution in [3.8, 4) is 0 Å². The Labute approximate surface area is 109 Å². The predicted molar refractivity (Wildman–Crippen MR) is 71.5 cm³/mol. The summed E-state index contributed by atoms with van der Waals surface area (Å²) in [6.45, 7) is 2.80. The van der Waals surface area contributed by atoms with Crippen LogP contribution in [0.1, 0.15) is 19.8 Å². The van der Waals surface area contributed by atoms with Gasteiger partial charge in [0.1, 0.15) is 15.4 Å². The molecule has 0 heterocycles. The highest BCUT2D eigenvalue weighted by molar-refractivity contribution is 7.90. The topological polar surface area (TPSA) is 86.7 Å². The van der Waals surface area contributed by atoms with E-state index >= 15 is 0 Å². The molecule has 2 N–H and O–H groups in total. The number of carboxylic acid groups (broad SMARTS) is 1. The van der Waals surface area contributed by atoms with Crippen molar-refractivity contribution in [3.05, 3.63) is 0 Å². The maximum atomic E-state index is 11.0. The quantitative estimate of drug-likeness (QED) is 0.608. The average molecular weight is 280 g/mol. The summed E-state index contributed by atoms with van der Waals surface area (Å²) in [7, 11) is 0.524. The van der Waals surface area contributed by atoms with Crippen LogP contribution in [-0.4, -0.2) is 69.1 Å². The second kappa shape index (κ2) is 7.06. The first-order valence-electron chi connectivity index (χ1n) is 5.89. The molecule has 0 fully saturated rings. The largest absolute Gasteiger partial charge is 0.480 e. The molecule has 0 aromatic rings. The molecule has 1 atom stereocenters. The third-order valence-corrected chi connectivity index (χ3v) is 4.01. The first-order valence-corrected chi connectivity index (χ1v) is 7.95. The zero-order valence-corrected chi connectivity index (χ0v) is 12.4. The van der Waals surface area contributed by atoms with Crippen molar-refractivity contribution in [2.45, 2.75) is 25.3 Å².